The molecular formula is C19H35N5O4. The SMILES string of the molecule is CC(C)N(C)CCCCNC(=O)N1CCN(C(=O)C(=O)N2CCOCC2)CC1. The van der Waals surface area contributed by atoms with Gasteiger partial charge < -0.3 is 29.7 Å². The summed E-state index contributed by atoms with van der Waals surface area (Å²) in [6.45, 7) is 9.55. The number of amides is 4. The number of hydrogen-bond donors (Lipinski definition) is 1. The molecule has 2 aliphatic heterocycles. The van der Waals surface area contributed by atoms with Crippen molar-refractivity contribution in [3.63, 3.8) is 0 Å². The lowest BCUT2D eigenvalue weighted by molar-refractivity contribution is -0.154. The summed E-state index contributed by atoms with van der Waals surface area (Å²) >= 11 is 0. The van der Waals surface area contributed by atoms with Gasteiger partial charge in [0.1, 0.15) is 0 Å². The topological polar surface area (TPSA) is 85.4 Å². The highest BCUT2D eigenvalue weighted by Crippen LogP contribution is 2.06. The van der Waals surface area contributed by atoms with Gasteiger partial charge in [-0.25, -0.2) is 4.79 Å². The Hall–Kier alpha value is -1.87. The van der Waals surface area contributed by atoms with E-state index in [-0.39, 0.29) is 6.03 Å². The number of urea groups is 1. The normalized spacial score (nSPS) is 18.0. The van der Waals surface area contributed by atoms with E-state index in [0.29, 0.717) is 65.1 Å². The van der Waals surface area contributed by atoms with Gasteiger partial charge >= 0.3 is 17.8 Å². The fourth-order valence-electron chi connectivity index (χ4n) is 3.20. The molecule has 0 aliphatic carbocycles. The number of hydrogen-bond acceptors (Lipinski definition) is 5. The van der Waals surface area contributed by atoms with Crippen LogP contribution in [0.1, 0.15) is 26.7 Å². The minimum atomic E-state index is -0.476. The standard InChI is InChI=1S/C19H35N5O4/c1-16(2)21(3)7-5-4-6-20-19(27)24-10-8-22(9-11-24)17(25)18(26)23-12-14-28-15-13-23/h16H,4-15H2,1-3H3,(H,20,27). The Labute approximate surface area is 167 Å². The fraction of sp³-hybridized carbons (Fsp3) is 0.842. The van der Waals surface area contributed by atoms with Gasteiger partial charge in [0.25, 0.3) is 0 Å². The predicted octanol–water partition coefficient (Wildman–Crippen LogP) is -0.181. The molecule has 9 nitrogen and oxygen atoms in total. The first-order valence-electron chi connectivity index (χ1n) is 10.3. The van der Waals surface area contributed by atoms with E-state index in [2.05, 4.69) is 31.1 Å². The monoisotopic (exact) mass is 397 g/mol. The van der Waals surface area contributed by atoms with Gasteiger partial charge in [-0.2, -0.15) is 0 Å². The Morgan fingerprint density at radius 1 is 0.893 bits per heavy atom. The Bertz CT molecular complexity index is 528. The minimum absolute atomic E-state index is 0.0937. The van der Waals surface area contributed by atoms with Gasteiger partial charge in [0.05, 0.1) is 13.2 Å². The number of carbonyl (C=O) groups excluding carboxylic acids is 3. The van der Waals surface area contributed by atoms with Gasteiger partial charge in [-0.3, -0.25) is 9.59 Å². The number of nitrogens with zero attached hydrogens (tertiary/aromatic N) is 4. The van der Waals surface area contributed by atoms with E-state index in [1.165, 1.54) is 0 Å². The van der Waals surface area contributed by atoms with Crippen molar-refractivity contribution in [3.8, 4) is 0 Å². The summed E-state index contributed by atoms with van der Waals surface area (Å²) in [5, 5.41) is 2.95. The second-order valence-corrected chi connectivity index (χ2v) is 7.70. The maximum Gasteiger partial charge on any atom is 0.317 e. The van der Waals surface area contributed by atoms with Crippen molar-refractivity contribution < 1.29 is 19.1 Å². The summed E-state index contributed by atoms with van der Waals surface area (Å²) < 4.78 is 5.21. The van der Waals surface area contributed by atoms with E-state index in [0.717, 1.165) is 19.4 Å². The number of rotatable bonds is 6. The first-order valence-corrected chi connectivity index (χ1v) is 10.3. The number of morpholine rings is 1. The predicted molar refractivity (Wildman–Crippen MR) is 106 cm³/mol. The molecule has 2 saturated heterocycles. The van der Waals surface area contributed by atoms with Crippen LogP contribution in [0.15, 0.2) is 0 Å². The molecule has 4 amide bonds. The highest BCUT2D eigenvalue weighted by molar-refractivity contribution is 6.34. The van der Waals surface area contributed by atoms with Crippen molar-refractivity contribution in [2.24, 2.45) is 0 Å². The van der Waals surface area contributed by atoms with E-state index >= 15 is 0 Å². The van der Waals surface area contributed by atoms with Crippen LogP contribution in [0.25, 0.3) is 0 Å². The van der Waals surface area contributed by atoms with Crippen LogP contribution in [0.3, 0.4) is 0 Å². The van der Waals surface area contributed by atoms with Crippen molar-refractivity contribution in [1.29, 1.82) is 0 Å². The van der Waals surface area contributed by atoms with Crippen LogP contribution < -0.4 is 5.32 Å². The Kier molecular flexibility index (Phi) is 8.98. The second-order valence-electron chi connectivity index (χ2n) is 7.70. The zero-order valence-electron chi connectivity index (χ0n) is 17.5. The van der Waals surface area contributed by atoms with Crippen molar-refractivity contribution in [3.05, 3.63) is 0 Å². The van der Waals surface area contributed by atoms with Crippen molar-refractivity contribution in [1.82, 2.24) is 24.9 Å². The number of ether oxygens (including phenoxy) is 1. The first kappa shape index (κ1) is 22.4. The number of piperazine rings is 1. The van der Waals surface area contributed by atoms with Crippen LogP contribution in [0.2, 0.25) is 0 Å². The van der Waals surface area contributed by atoms with Crippen LogP contribution in [0.5, 0.6) is 0 Å². The second kappa shape index (κ2) is 11.2. The van der Waals surface area contributed by atoms with E-state index in [4.69, 9.17) is 4.74 Å². The molecule has 0 aromatic rings. The maximum atomic E-state index is 12.4. The van der Waals surface area contributed by atoms with Crippen molar-refractivity contribution in [2.45, 2.75) is 32.7 Å². The molecule has 0 atom stereocenters. The molecule has 2 aliphatic rings. The third-order valence-corrected chi connectivity index (χ3v) is 5.43. The van der Waals surface area contributed by atoms with Gasteiger partial charge in [-0.15, -0.1) is 0 Å². The van der Waals surface area contributed by atoms with E-state index in [9.17, 15) is 14.4 Å². The van der Waals surface area contributed by atoms with Crippen molar-refractivity contribution >= 4 is 17.8 Å². The van der Waals surface area contributed by atoms with Crippen LogP contribution in [0, 0.1) is 0 Å². The summed E-state index contributed by atoms with van der Waals surface area (Å²) in [4.78, 5) is 44.0. The molecule has 2 rings (SSSR count). The summed E-state index contributed by atoms with van der Waals surface area (Å²) in [7, 11) is 2.10. The lowest BCUT2D eigenvalue weighted by atomic mass is 10.2. The highest BCUT2D eigenvalue weighted by atomic mass is 16.5. The summed E-state index contributed by atoms with van der Waals surface area (Å²) in [6.07, 6.45) is 1.98. The average molecular weight is 398 g/mol. The number of carbonyl (C=O) groups is 3. The Morgan fingerprint density at radius 3 is 2.00 bits per heavy atom. The van der Waals surface area contributed by atoms with Crippen LogP contribution >= 0.6 is 0 Å². The molecule has 0 saturated carbocycles. The van der Waals surface area contributed by atoms with Gasteiger partial charge in [-0.1, -0.05) is 0 Å². The summed E-state index contributed by atoms with van der Waals surface area (Å²) in [6, 6.07) is 0.438. The third kappa shape index (κ3) is 6.63. The number of nitrogens with one attached hydrogen (secondary N) is 1. The molecule has 0 radical (unpaired) electrons. The number of unbranched alkanes of at least 4 members (excludes halogenated alkanes) is 1. The van der Waals surface area contributed by atoms with Gasteiger partial charge in [0.2, 0.25) is 0 Å². The molecule has 9 heteroatoms. The first-order chi connectivity index (χ1) is 13.4. The lowest BCUT2D eigenvalue weighted by Crippen LogP contribution is -2.56. The molecule has 0 aromatic carbocycles. The molecule has 0 aromatic heterocycles. The smallest absolute Gasteiger partial charge is 0.317 e. The third-order valence-electron chi connectivity index (χ3n) is 5.43. The average Bonchev–Trinajstić information content (AvgIpc) is 2.72. The van der Waals surface area contributed by atoms with E-state index < -0.39 is 11.8 Å². The van der Waals surface area contributed by atoms with Gasteiger partial charge in [-0.05, 0) is 40.3 Å². The van der Waals surface area contributed by atoms with Crippen LogP contribution in [-0.2, 0) is 14.3 Å². The largest absolute Gasteiger partial charge is 0.378 e. The van der Waals surface area contributed by atoms with Crippen molar-refractivity contribution in [2.75, 3.05) is 72.6 Å². The molecule has 160 valence electrons. The molecule has 0 unspecified atom stereocenters. The quantitative estimate of drug-likeness (QED) is 0.496. The summed E-state index contributed by atoms with van der Waals surface area (Å²) in [5.41, 5.74) is 0. The zero-order chi connectivity index (χ0) is 20.5. The molecular weight excluding hydrogens is 362 g/mol. The minimum Gasteiger partial charge on any atom is -0.378 e. The van der Waals surface area contributed by atoms with Crippen LogP contribution in [0.4, 0.5) is 4.79 Å². The molecule has 2 fully saturated rings. The fourth-order valence-corrected chi connectivity index (χ4v) is 3.20. The summed E-state index contributed by atoms with van der Waals surface area (Å²) in [5.74, 6) is -0.941. The molecule has 1 N–H and O–H groups in total. The highest BCUT2D eigenvalue weighted by Gasteiger charge is 2.31. The van der Waals surface area contributed by atoms with E-state index in [1.807, 2.05) is 0 Å². The molecule has 28 heavy (non-hydrogen) atoms. The lowest BCUT2D eigenvalue weighted by Gasteiger charge is -2.35. The Balaban J connectivity index is 1.63. The van der Waals surface area contributed by atoms with Gasteiger partial charge in [0, 0.05) is 51.9 Å². The molecule has 0 spiro atoms. The zero-order valence-corrected chi connectivity index (χ0v) is 17.5. The van der Waals surface area contributed by atoms with Crippen LogP contribution in [-0.4, -0.2) is 116 Å². The van der Waals surface area contributed by atoms with E-state index in [1.54, 1.807) is 14.7 Å². The maximum absolute atomic E-state index is 12.4. The van der Waals surface area contributed by atoms with Gasteiger partial charge in [0.15, 0.2) is 0 Å². The molecule has 0 bridgehead atoms. The Morgan fingerprint density at radius 2 is 1.43 bits per heavy atom. The molecule has 2 heterocycles.